The Hall–Kier alpha value is -2.04. The second-order valence-electron chi connectivity index (χ2n) is 4.04. The average molecular weight is 264 g/mol. The van der Waals surface area contributed by atoms with Crippen molar-refractivity contribution in [1.82, 2.24) is 10.6 Å². The highest BCUT2D eigenvalue weighted by molar-refractivity contribution is 5.84. The lowest BCUT2D eigenvalue weighted by molar-refractivity contribution is -0.125. The number of carbonyl (C=O) groups excluding carboxylic acids is 2. The Morgan fingerprint density at radius 2 is 1.89 bits per heavy atom. The number of nitrogens with one attached hydrogen (secondary N) is 2. The predicted octanol–water partition coefficient (Wildman–Crippen LogP) is 0.880. The lowest BCUT2D eigenvalue weighted by atomic mass is 10.1. The fraction of sp³-hybridized carbons (Fsp3) is 0.429. The predicted molar refractivity (Wildman–Crippen MR) is 73.0 cm³/mol. The quantitative estimate of drug-likeness (QED) is 0.768. The van der Waals surface area contributed by atoms with Gasteiger partial charge in [0.2, 0.25) is 11.8 Å². The molecule has 0 aromatic heterocycles. The molecule has 0 bridgehead atoms. The topological polar surface area (TPSA) is 67.4 Å². The van der Waals surface area contributed by atoms with Crippen LogP contribution < -0.4 is 15.4 Å². The molecule has 0 radical (unpaired) electrons. The molecule has 2 N–H and O–H groups in total. The Balaban J connectivity index is 2.30. The van der Waals surface area contributed by atoms with E-state index in [4.69, 9.17) is 4.74 Å². The van der Waals surface area contributed by atoms with Crippen molar-refractivity contribution in [2.75, 3.05) is 20.2 Å². The zero-order valence-corrected chi connectivity index (χ0v) is 11.4. The van der Waals surface area contributed by atoms with Crippen LogP contribution in [0, 0.1) is 0 Å². The Kier molecular flexibility index (Phi) is 6.43. The summed E-state index contributed by atoms with van der Waals surface area (Å²) in [6, 6.07) is 7.69. The average Bonchev–Trinajstić information content (AvgIpc) is 2.45. The number of rotatable bonds is 7. The van der Waals surface area contributed by atoms with Crippen LogP contribution >= 0.6 is 0 Å². The first kappa shape index (κ1) is 15.0. The van der Waals surface area contributed by atoms with Gasteiger partial charge in [0.25, 0.3) is 0 Å². The van der Waals surface area contributed by atoms with Gasteiger partial charge in [0.05, 0.1) is 13.7 Å². The van der Waals surface area contributed by atoms with Crippen LogP contribution in [0.3, 0.4) is 0 Å². The standard InChI is InChI=1S/C14H20N2O3/c1-3-13(17)16-10-14(18)15-9-8-11-6-4-5-7-12(11)19-2/h4-7H,3,8-10H2,1-2H3,(H,15,18)(H,16,17). The first-order valence-corrected chi connectivity index (χ1v) is 6.32. The van der Waals surface area contributed by atoms with Crippen LogP contribution in [0.2, 0.25) is 0 Å². The van der Waals surface area contributed by atoms with Crippen LogP contribution in [0.5, 0.6) is 5.75 Å². The van der Waals surface area contributed by atoms with Gasteiger partial charge in [-0.1, -0.05) is 25.1 Å². The summed E-state index contributed by atoms with van der Waals surface area (Å²) in [6.45, 7) is 2.29. The Morgan fingerprint density at radius 1 is 1.16 bits per heavy atom. The second-order valence-corrected chi connectivity index (χ2v) is 4.04. The molecule has 5 nitrogen and oxygen atoms in total. The molecule has 0 fully saturated rings. The highest BCUT2D eigenvalue weighted by Crippen LogP contribution is 2.16. The molecule has 0 aliphatic heterocycles. The largest absolute Gasteiger partial charge is 0.496 e. The first-order valence-electron chi connectivity index (χ1n) is 6.32. The highest BCUT2D eigenvalue weighted by atomic mass is 16.5. The van der Waals surface area contributed by atoms with Gasteiger partial charge in [-0.15, -0.1) is 0 Å². The summed E-state index contributed by atoms with van der Waals surface area (Å²) in [4.78, 5) is 22.4. The zero-order chi connectivity index (χ0) is 14.1. The molecule has 0 spiro atoms. The van der Waals surface area contributed by atoms with Crippen molar-refractivity contribution < 1.29 is 14.3 Å². The normalized spacial score (nSPS) is 9.79. The number of amides is 2. The summed E-state index contributed by atoms with van der Waals surface area (Å²) in [6.07, 6.45) is 1.08. The van der Waals surface area contributed by atoms with E-state index in [2.05, 4.69) is 10.6 Å². The summed E-state index contributed by atoms with van der Waals surface area (Å²) in [7, 11) is 1.62. The summed E-state index contributed by atoms with van der Waals surface area (Å²) >= 11 is 0. The van der Waals surface area contributed by atoms with Crippen LogP contribution in [-0.2, 0) is 16.0 Å². The third-order valence-corrected chi connectivity index (χ3v) is 2.68. The molecule has 19 heavy (non-hydrogen) atoms. The summed E-state index contributed by atoms with van der Waals surface area (Å²) in [5.41, 5.74) is 1.04. The first-order chi connectivity index (χ1) is 9.17. The maximum Gasteiger partial charge on any atom is 0.239 e. The van der Waals surface area contributed by atoms with Gasteiger partial charge in [0.15, 0.2) is 0 Å². The number of hydrogen-bond donors (Lipinski definition) is 2. The van der Waals surface area contributed by atoms with E-state index in [9.17, 15) is 9.59 Å². The third-order valence-electron chi connectivity index (χ3n) is 2.68. The lowest BCUT2D eigenvalue weighted by Crippen LogP contribution is -2.37. The number of para-hydroxylation sites is 1. The van der Waals surface area contributed by atoms with Gasteiger partial charge < -0.3 is 15.4 Å². The van der Waals surface area contributed by atoms with Crippen LogP contribution in [0.15, 0.2) is 24.3 Å². The van der Waals surface area contributed by atoms with Gasteiger partial charge in [0, 0.05) is 13.0 Å². The van der Waals surface area contributed by atoms with Crippen molar-refractivity contribution in [1.29, 1.82) is 0 Å². The van der Waals surface area contributed by atoms with Crippen molar-refractivity contribution >= 4 is 11.8 Å². The van der Waals surface area contributed by atoms with Gasteiger partial charge in [-0.25, -0.2) is 0 Å². The molecule has 5 heteroatoms. The molecule has 1 rings (SSSR count). The fourth-order valence-corrected chi connectivity index (χ4v) is 1.61. The molecule has 0 aliphatic rings. The number of hydrogen-bond acceptors (Lipinski definition) is 3. The molecule has 104 valence electrons. The second kappa shape index (κ2) is 8.13. The van der Waals surface area contributed by atoms with Crippen molar-refractivity contribution in [3.63, 3.8) is 0 Å². The zero-order valence-electron chi connectivity index (χ0n) is 11.4. The van der Waals surface area contributed by atoms with Crippen LogP contribution in [0.25, 0.3) is 0 Å². The lowest BCUT2D eigenvalue weighted by Gasteiger charge is -2.09. The maximum atomic E-state index is 11.5. The summed E-state index contributed by atoms with van der Waals surface area (Å²) in [5, 5.41) is 5.28. The molecular weight excluding hydrogens is 244 g/mol. The molecule has 0 atom stereocenters. The van der Waals surface area contributed by atoms with Gasteiger partial charge >= 0.3 is 0 Å². The van der Waals surface area contributed by atoms with Gasteiger partial charge in [0.1, 0.15) is 5.75 Å². The van der Waals surface area contributed by atoms with E-state index in [1.165, 1.54) is 0 Å². The van der Waals surface area contributed by atoms with Gasteiger partial charge in [-0.3, -0.25) is 9.59 Å². The Morgan fingerprint density at radius 3 is 2.58 bits per heavy atom. The van der Waals surface area contributed by atoms with E-state index in [-0.39, 0.29) is 18.4 Å². The number of carbonyl (C=O) groups is 2. The van der Waals surface area contributed by atoms with E-state index in [0.717, 1.165) is 11.3 Å². The minimum Gasteiger partial charge on any atom is -0.496 e. The monoisotopic (exact) mass is 264 g/mol. The molecule has 2 amide bonds. The van der Waals surface area contributed by atoms with E-state index in [1.807, 2.05) is 24.3 Å². The van der Waals surface area contributed by atoms with Crippen molar-refractivity contribution in [2.24, 2.45) is 0 Å². The van der Waals surface area contributed by atoms with E-state index >= 15 is 0 Å². The van der Waals surface area contributed by atoms with E-state index in [0.29, 0.717) is 19.4 Å². The molecule has 0 aliphatic carbocycles. The summed E-state index contributed by atoms with van der Waals surface area (Å²) < 4.78 is 5.23. The van der Waals surface area contributed by atoms with Crippen LogP contribution in [-0.4, -0.2) is 32.0 Å². The van der Waals surface area contributed by atoms with Crippen molar-refractivity contribution in [3.8, 4) is 5.75 Å². The third kappa shape index (κ3) is 5.42. The minimum atomic E-state index is -0.184. The van der Waals surface area contributed by atoms with Crippen molar-refractivity contribution in [3.05, 3.63) is 29.8 Å². The number of benzene rings is 1. The van der Waals surface area contributed by atoms with Crippen molar-refractivity contribution in [2.45, 2.75) is 19.8 Å². The van der Waals surface area contributed by atoms with Crippen LogP contribution in [0.4, 0.5) is 0 Å². The molecule has 0 unspecified atom stereocenters. The molecular formula is C14H20N2O3. The SMILES string of the molecule is CCC(=O)NCC(=O)NCCc1ccccc1OC. The van der Waals surface area contributed by atoms with Gasteiger partial charge in [-0.2, -0.15) is 0 Å². The molecule has 1 aromatic carbocycles. The minimum absolute atomic E-state index is 0.0264. The van der Waals surface area contributed by atoms with E-state index in [1.54, 1.807) is 14.0 Å². The Bertz CT molecular complexity index is 432. The fourth-order valence-electron chi connectivity index (χ4n) is 1.61. The molecule has 0 heterocycles. The Labute approximate surface area is 113 Å². The molecule has 0 saturated heterocycles. The highest BCUT2D eigenvalue weighted by Gasteiger charge is 2.05. The van der Waals surface area contributed by atoms with E-state index < -0.39 is 0 Å². The number of ether oxygens (including phenoxy) is 1. The van der Waals surface area contributed by atoms with Gasteiger partial charge in [-0.05, 0) is 18.1 Å². The maximum absolute atomic E-state index is 11.5. The number of methoxy groups -OCH3 is 1. The smallest absolute Gasteiger partial charge is 0.239 e. The summed E-state index contributed by atoms with van der Waals surface area (Å²) in [5.74, 6) is 0.507. The van der Waals surface area contributed by atoms with Crippen LogP contribution in [0.1, 0.15) is 18.9 Å². The molecule has 1 aromatic rings. The molecule has 0 saturated carbocycles.